The van der Waals surface area contributed by atoms with E-state index in [0.29, 0.717) is 17.3 Å². The Morgan fingerprint density at radius 2 is 1.69 bits per heavy atom. The second-order valence-electron chi connectivity index (χ2n) is 6.93. The number of carbonyl (C=O) groups is 1. The van der Waals surface area contributed by atoms with Gasteiger partial charge in [-0.05, 0) is 49.4 Å². The van der Waals surface area contributed by atoms with Gasteiger partial charge in [-0.25, -0.2) is 8.42 Å². The van der Waals surface area contributed by atoms with Gasteiger partial charge in [0.15, 0.2) is 0 Å². The Morgan fingerprint density at radius 3 is 2.38 bits per heavy atom. The Kier molecular flexibility index (Phi) is 8.48. The van der Waals surface area contributed by atoms with E-state index in [-0.39, 0.29) is 15.6 Å². The molecule has 3 aromatic rings. The molecule has 0 saturated heterocycles. The van der Waals surface area contributed by atoms with Crippen LogP contribution in [0.25, 0.3) is 0 Å². The molecule has 0 spiro atoms. The lowest BCUT2D eigenvalue weighted by atomic mass is 10.2. The SMILES string of the molecule is Cc1ccc(SCCNC(=O)CN(c2cc(Cl)ccc2Cl)S(=O)(=O)c2ccccc2)cc1. The molecule has 3 aromatic carbocycles. The largest absolute Gasteiger partial charge is 0.354 e. The predicted molar refractivity (Wildman–Crippen MR) is 132 cm³/mol. The van der Waals surface area contributed by atoms with Crippen LogP contribution < -0.4 is 9.62 Å². The number of halogens is 2. The summed E-state index contributed by atoms with van der Waals surface area (Å²) in [6.45, 7) is 1.99. The molecule has 9 heteroatoms. The van der Waals surface area contributed by atoms with Crippen LogP contribution in [-0.2, 0) is 14.8 Å². The van der Waals surface area contributed by atoms with Crippen molar-refractivity contribution in [1.82, 2.24) is 5.32 Å². The van der Waals surface area contributed by atoms with Crippen molar-refractivity contribution in [2.75, 3.05) is 23.1 Å². The molecule has 0 aromatic heterocycles. The number of nitrogens with one attached hydrogen (secondary N) is 1. The minimum absolute atomic E-state index is 0.0544. The van der Waals surface area contributed by atoms with Crippen LogP contribution in [0, 0.1) is 6.92 Å². The van der Waals surface area contributed by atoms with Gasteiger partial charge in [-0.3, -0.25) is 9.10 Å². The van der Waals surface area contributed by atoms with Gasteiger partial charge in [-0.1, -0.05) is 59.1 Å². The number of amides is 1. The zero-order valence-corrected chi connectivity index (χ0v) is 20.4. The molecular weight excluding hydrogens is 487 g/mol. The molecule has 32 heavy (non-hydrogen) atoms. The van der Waals surface area contributed by atoms with Crippen LogP contribution in [0.4, 0.5) is 5.69 Å². The molecule has 0 fully saturated rings. The standard InChI is InChI=1S/C23H22Cl2N2O3S2/c1-17-7-10-19(11-8-17)31-14-13-26-23(28)16-27(22-15-18(24)9-12-21(22)25)32(29,30)20-5-3-2-4-6-20/h2-12,15H,13-14,16H2,1H3,(H,26,28). The monoisotopic (exact) mass is 508 g/mol. The third kappa shape index (κ3) is 6.42. The smallest absolute Gasteiger partial charge is 0.264 e. The predicted octanol–water partition coefficient (Wildman–Crippen LogP) is 5.41. The number of hydrogen-bond acceptors (Lipinski definition) is 4. The molecule has 0 saturated carbocycles. The van der Waals surface area contributed by atoms with Crippen LogP contribution in [0.5, 0.6) is 0 Å². The summed E-state index contributed by atoms with van der Waals surface area (Å²) in [7, 11) is -4.04. The summed E-state index contributed by atoms with van der Waals surface area (Å²) >= 11 is 14.0. The highest BCUT2D eigenvalue weighted by atomic mass is 35.5. The number of benzene rings is 3. The fourth-order valence-electron chi connectivity index (χ4n) is 2.88. The number of anilines is 1. The van der Waals surface area contributed by atoms with E-state index in [1.807, 2.05) is 31.2 Å². The molecule has 1 N–H and O–H groups in total. The quantitative estimate of drug-likeness (QED) is 0.310. The summed E-state index contributed by atoms with van der Waals surface area (Å²) in [5.41, 5.74) is 1.33. The first-order valence-corrected chi connectivity index (χ1v) is 12.9. The summed E-state index contributed by atoms with van der Waals surface area (Å²) in [6, 6.07) is 20.5. The first-order valence-electron chi connectivity index (χ1n) is 9.76. The molecule has 0 unspecified atom stereocenters. The van der Waals surface area contributed by atoms with Gasteiger partial charge in [0, 0.05) is 22.2 Å². The Morgan fingerprint density at radius 1 is 1.00 bits per heavy atom. The van der Waals surface area contributed by atoms with Gasteiger partial charge in [0.1, 0.15) is 6.54 Å². The van der Waals surface area contributed by atoms with Crippen molar-refractivity contribution in [1.29, 1.82) is 0 Å². The second-order valence-corrected chi connectivity index (χ2v) is 10.8. The average molecular weight is 509 g/mol. The van der Waals surface area contributed by atoms with Crippen molar-refractivity contribution in [3.05, 3.63) is 88.4 Å². The van der Waals surface area contributed by atoms with E-state index in [1.165, 1.54) is 29.8 Å². The first kappa shape index (κ1) is 24.5. The number of nitrogens with zero attached hydrogens (tertiary/aromatic N) is 1. The molecule has 1 amide bonds. The number of thioether (sulfide) groups is 1. The minimum Gasteiger partial charge on any atom is -0.354 e. The third-order valence-corrected chi connectivity index (χ3v) is 7.85. The van der Waals surface area contributed by atoms with Crippen LogP contribution in [0.1, 0.15) is 5.56 Å². The first-order chi connectivity index (χ1) is 15.3. The highest BCUT2D eigenvalue weighted by Gasteiger charge is 2.28. The number of aryl methyl sites for hydroxylation is 1. The van der Waals surface area contributed by atoms with E-state index < -0.39 is 22.5 Å². The molecular formula is C23H22Cl2N2O3S2. The van der Waals surface area contributed by atoms with E-state index in [0.717, 1.165) is 9.20 Å². The van der Waals surface area contributed by atoms with Gasteiger partial charge < -0.3 is 5.32 Å². The van der Waals surface area contributed by atoms with E-state index in [2.05, 4.69) is 5.32 Å². The van der Waals surface area contributed by atoms with Crippen molar-refractivity contribution in [2.45, 2.75) is 16.7 Å². The summed E-state index contributed by atoms with van der Waals surface area (Å²) in [5, 5.41) is 3.27. The Balaban J connectivity index is 1.73. The maximum absolute atomic E-state index is 13.3. The average Bonchev–Trinajstić information content (AvgIpc) is 2.78. The fourth-order valence-corrected chi connectivity index (χ4v) is 5.53. The number of carbonyl (C=O) groups excluding carboxylic acids is 1. The lowest BCUT2D eigenvalue weighted by Crippen LogP contribution is -2.41. The topological polar surface area (TPSA) is 66.5 Å². The van der Waals surface area contributed by atoms with Crippen LogP contribution in [0.3, 0.4) is 0 Å². The summed E-state index contributed by atoms with van der Waals surface area (Å²) in [5.74, 6) is 0.211. The van der Waals surface area contributed by atoms with Crippen molar-refractivity contribution in [3.63, 3.8) is 0 Å². The third-order valence-electron chi connectivity index (χ3n) is 4.51. The molecule has 0 heterocycles. The fraction of sp³-hybridized carbons (Fsp3) is 0.174. The lowest BCUT2D eigenvalue weighted by Gasteiger charge is -2.25. The van der Waals surface area contributed by atoms with Crippen molar-refractivity contribution >= 4 is 56.6 Å². The van der Waals surface area contributed by atoms with E-state index in [9.17, 15) is 13.2 Å². The number of hydrogen-bond donors (Lipinski definition) is 1. The second kappa shape index (κ2) is 11.1. The van der Waals surface area contributed by atoms with E-state index in [1.54, 1.807) is 36.0 Å². The van der Waals surface area contributed by atoms with Crippen LogP contribution in [-0.4, -0.2) is 33.2 Å². The van der Waals surface area contributed by atoms with Gasteiger partial charge in [0.05, 0.1) is 15.6 Å². The highest BCUT2D eigenvalue weighted by Crippen LogP contribution is 2.32. The summed E-state index contributed by atoms with van der Waals surface area (Å²) in [6.07, 6.45) is 0. The maximum Gasteiger partial charge on any atom is 0.264 e. The normalized spacial score (nSPS) is 11.2. The highest BCUT2D eigenvalue weighted by molar-refractivity contribution is 7.99. The Labute approximate surface area is 202 Å². The Hall–Kier alpha value is -2.19. The zero-order chi connectivity index (χ0) is 23.1. The molecule has 5 nitrogen and oxygen atoms in total. The van der Waals surface area contributed by atoms with Crippen molar-refractivity contribution in [2.24, 2.45) is 0 Å². The molecule has 0 radical (unpaired) electrons. The van der Waals surface area contributed by atoms with Gasteiger partial charge in [-0.15, -0.1) is 11.8 Å². The molecule has 0 aliphatic heterocycles. The molecule has 0 aliphatic carbocycles. The molecule has 168 valence electrons. The van der Waals surface area contributed by atoms with Gasteiger partial charge in [-0.2, -0.15) is 0 Å². The summed E-state index contributed by atoms with van der Waals surface area (Å²) in [4.78, 5) is 13.8. The number of rotatable bonds is 9. The van der Waals surface area contributed by atoms with Gasteiger partial charge in [0.2, 0.25) is 5.91 Å². The van der Waals surface area contributed by atoms with E-state index in [4.69, 9.17) is 23.2 Å². The zero-order valence-electron chi connectivity index (χ0n) is 17.3. The Bertz CT molecular complexity index is 1170. The maximum atomic E-state index is 13.3. The lowest BCUT2D eigenvalue weighted by molar-refractivity contribution is -0.119. The van der Waals surface area contributed by atoms with Crippen molar-refractivity contribution in [3.8, 4) is 0 Å². The van der Waals surface area contributed by atoms with Crippen LogP contribution in [0.15, 0.2) is 82.6 Å². The molecule has 0 atom stereocenters. The van der Waals surface area contributed by atoms with Crippen LogP contribution >= 0.6 is 35.0 Å². The molecule has 0 aliphatic rings. The van der Waals surface area contributed by atoms with Gasteiger partial charge >= 0.3 is 0 Å². The minimum atomic E-state index is -4.04. The molecule has 0 bridgehead atoms. The number of sulfonamides is 1. The summed E-state index contributed by atoms with van der Waals surface area (Å²) < 4.78 is 27.6. The van der Waals surface area contributed by atoms with Crippen LogP contribution in [0.2, 0.25) is 10.0 Å². The molecule has 3 rings (SSSR count). The van der Waals surface area contributed by atoms with Crippen molar-refractivity contribution < 1.29 is 13.2 Å². The van der Waals surface area contributed by atoms with Gasteiger partial charge in [0.25, 0.3) is 10.0 Å². The van der Waals surface area contributed by atoms with E-state index >= 15 is 0 Å².